The smallest absolute Gasteiger partial charge is 0.308 e. The predicted molar refractivity (Wildman–Crippen MR) is 153 cm³/mol. The second kappa shape index (κ2) is 13.7. The van der Waals surface area contributed by atoms with Crippen molar-refractivity contribution in [3.63, 3.8) is 0 Å². The lowest BCUT2D eigenvalue weighted by atomic mass is 9.89. The topological polar surface area (TPSA) is 77.0 Å². The molecule has 0 saturated carbocycles. The van der Waals surface area contributed by atoms with Gasteiger partial charge in [0.25, 0.3) is 0 Å². The molecule has 0 amide bonds. The van der Waals surface area contributed by atoms with Crippen molar-refractivity contribution >= 4 is 11.9 Å². The molecule has 0 N–H and O–H groups in total. The molecule has 0 bridgehead atoms. The fourth-order valence-corrected chi connectivity index (χ4v) is 5.19. The minimum atomic E-state index is -0.411. The summed E-state index contributed by atoms with van der Waals surface area (Å²) in [5.41, 5.74) is 3.14. The van der Waals surface area contributed by atoms with Crippen molar-refractivity contribution in [2.45, 2.75) is 84.0 Å². The van der Waals surface area contributed by atoms with Crippen LogP contribution >= 0.6 is 0 Å². The Hall–Kier alpha value is -2.55. The molecule has 0 aliphatic carbocycles. The van der Waals surface area contributed by atoms with Crippen LogP contribution in [0.3, 0.4) is 0 Å². The van der Waals surface area contributed by atoms with E-state index < -0.39 is 5.60 Å². The van der Waals surface area contributed by atoms with E-state index in [2.05, 4.69) is 46.0 Å². The summed E-state index contributed by atoms with van der Waals surface area (Å²) in [6.45, 7) is 14.4. The van der Waals surface area contributed by atoms with Crippen molar-refractivity contribution in [1.29, 1.82) is 0 Å². The van der Waals surface area contributed by atoms with Gasteiger partial charge >= 0.3 is 5.97 Å². The lowest BCUT2D eigenvalue weighted by Gasteiger charge is -2.47. The van der Waals surface area contributed by atoms with E-state index in [-0.39, 0.29) is 11.6 Å². The van der Waals surface area contributed by atoms with Crippen molar-refractivity contribution in [3.8, 4) is 0 Å². The molecule has 0 atom stereocenters. The molecule has 1 aromatic carbocycles. The second-order valence-corrected chi connectivity index (χ2v) is 11.5. The van der Waals surface area contributed by atoms with Gasteiger partial charge in [0.05, 0.1) is 38.4 Å². The zero-order chi connectivity index (χ0) is 27.7. The van der Waals surface area contributed by atoms with Gasteiger partial charge in [-0.15, -0.1) is 0 Å². The van der Waals surface area contributed by atoms with Crippen LogP contribution in [-0.4, -0.2) is 78.0 Å². The standard InChI is InChI=1S/C31H46N4O4/c1-5-27-10-15-32-29(33-27)35-18-21-38-31(24-35)13-16-34(17-14-31)23-26-9-7-8-25(22-26)11-19-37-20-12-28(36)39-30(3,4)6-2/h7-10,15,22H,5-6,11-14,16-21,23-24H2,1-4H3. The number of hydrogen-bond donors (Lipinski definition) is 0. The molecular formula is C31H46N4O4. The highest BCUT2D eigenvalue weighted by molar-refractivity contribution is 5.69. The Morgan fingerprint density at radius 1 is 1.10 bits per heavy atom. The summed E-state index contributed by atoms with van der Waals surface area (Å²) in [6.07, 6.45) is 6.74. The van der Waals surface area contributed by atoms with Gasteiger partial charge in [-0.25, -0.2) is 9.97 Å². The molecule has 2 aromatic rings. The highest BCUT2D eigenvalue weighted by Gasteiger charge is 2.40. The number of aryl methyl sites for hydroxylation is 1. The lowest BCUT2D eigenvalue weighted by molar-refractivity contribution is -0.157. The quantitative estimate of drug-likeness (QED) is 0.287. The SMILES string of the molecule is CCc1ccnc(N2CCOC3(CCN(Cc4cccc(CCOCCC(=O)OC(C)(C)CC)c4)CC3)C2)n1. The average molecular weight is 539 g/mol. The molecule has 3 heterocycles. The number of hydrogen-bond acceptors (Lipinski definition) is 8. The summed E-state index contributed by atoms with van der Waals surface area (Å²) in [6, 6.07) is 10.8. The summed E-state index contributed by atoms with van der Waals surface area (Å²) >= 11 is 0. The summed E-state index contributed by atoms with van der Waals surface area (Å²) < 4.78 is 17.6. The molecule has 4 rings (SSSR count). The van der Waals surface area contributed by atoms with Crippen molar-refractivity contribution in [2.75, 3.05) is 50.9 Å². The number of benzene rings is 1. The Labute approximate surface area is 234 Å². The Kier molecular flexibility index (Phi) is 10.3. The van der Waals surface area contributed by atoms with Gasteiger partial charge in [0.2, 0.25) is 5.95 Å². The van der Waals surface area contributed by atoms with Crippen LogP contribution in [0.4, 0.5) is 5.95 Å². The number of esters is 1. The van der Waals surface area contributed by atoms with Crippen LogP contribution in [0.25, 0.3) is 0 Å². The number of rotatable bonds is 12. The van der Waals surface area contributed by atoms with Crippen molar-refractivity contribution in [2.24, 2.45) is 0 Å². The van der Waals surface area contributed by atoms with E-state index in [0.29, 0.717) is 19.6 Å². The molecule has 214 valence electrons. The van der Waals surface area contributed by atoms with Gasteiger partial charge in [0.15, 0.2) is 0 Å². The molecule has 39 heavy (non-hydrogen) atoms. The molecule has 8 heteroatoms. The average Bonchev–Trinajstić information content (AvgIpc) is 2.94. The van der Waals surface area contributed by atoms with Gasteiger partial charge in [0.1, 0.15) is 5.60 Å². The normalized spacial score (nSPS) is 17.9. The molecule has 1 spiro atoms. The number of anilines is 1. The molecule has 2 aliphatic heterocycles. The molecule has 8 nitrogen and oxygen atoms in total. The van der Waals surface area contributed by atoms with Crippen LogP contribution in [0.2, 0.25) is 0 Å². The zero-order valence-corrected chi connectivity index (χ0v) is 24.3. The van der Waals surface area contributed by atoms with E-state index >= 15 is 0 Å². The first-order chi connectivity index (χ1) is 18.8. The Balaban J connectivity index is 1.19. The van der Waals surface area contributed by atoms with E-state index in [1.807, 2.05) is 33.0 Å². The summed E-state index contributed by atoms with van der Waals surface area (Å²) in [5.74, 6) is 0.637. The number of piperidine rings is 1. The fraction of sp³-hybridized carbons (Fsp3) is 0.645. The fourth-order valence-electron chi connectivity index (χ4n) is 5.19. The first-order valence-electron chi connectivity index (χ1n) is 14.6. The molecule has 2 fully saturated rings. The number of carbonyl (C=O) groups is 1. The zero-order valence-electron chi connectivity index (χ0n) is 24.3. The van der Waals surface area contributed by atoms with Gasteiger partial charge < -0.3 is 19.1 Å². The predicted octanol–water partition coefficient (Wildman–Crippen LogP) is 4.59. The van der Waals surface area contributed by atoms with Gasteiger partial charge in [0, 0.05) is 38.1 Å². The largest absolute Gasteiger partial charge is 0.460 e. The van der Waals surface area contributed by atoms with Gasteiger partial charge in [-0.2, -0.15) is 0 Å². The molecule has 0 radical (unpaired) electrons. The molecule has 2 saturated heterocycles. The number of likely N-dealkylation sites (tertiary alicyclic amines) is 1. The lowest BCUT2D eigenvalue weighted by Crippen LogP contribution is -2.57. The first kappa shape index (κ1) is 29.4. The summed E-state index contributed by atoms with van der Waals surface area (Å²) in [5, 5.41) is 0. The monoisotopic (exact) mass is 538 g/mol. The third-order valence-electron chi connectivity index (χ3n) is 7.99. The van der Waals surface area contributed by atoms with Crippen LogP contribution in [0, 0.1) is 0 Å². The molecule has 2 aliphatic rings. The van der Waals surface area contributed by atoms with Crippen molar-refractivity contribution in [1.82, 2.24) is 14.9 Å². The van der Waals surface area contributed by atoms with E-state index in [4.69, 9.17) is 19.2 Å². The van der Waals surface area contributed by atoms with Crippen LogP contribution in [0.1, 0.15) is 70.2 Å². The summed E-state index contributed by atoms with van der Waals surface area (Å²) in [4.78, 5) is 26.1. The maximum Gasteiger partial charge on any atom is 0.308 e. The highest BCUT2D eigenvalue weighted by atomic mass is 16.6. The number of carbonyl (C=O) groups excluding carboxylic acids is 1. The first-order valence-corrected chi connectivity index (χ1v) is 14.6. The third kappa shape index (κ3) is 8.72. The minimum Gasteiger partial charge on any atom is -0.460 e. The molecule has 0 unspecified atom stereocenters. The van der Waals surface area contributed by atoms with E-state index in [1.165, 1.54) is 11.1 Å². The van der Waals surface area contributed by atoms with Crippen LogP contribution < -0.4 is 4.90 Å². The molecule has 1 aromatic heterocycles. The summed E-state index contributed by atoms with van der Waals surface area (Å²) in [7, 11) is 0. The Morgan fingerprint density at radius 3 is 2.67 bits per heavy atom. The van der Waals surface area contributed by atoms with E-state index in [9.17, 15) is 4.79 Å². The number of aromatic nitrogens is 2. The van der Waals surface area contributed by atoms with E-state index in [0.717, 1.165) is 83.1 Å². The third-order valence-corrected chi connectivity index (χ3v) is 7.99. The Bertz CT molecular complexity index is 1070. The number of nitrogens with zero attached hydrogens (tertiary/aromatic N) is 4. The minimum absolute atomic E-state index is 0.113. The van der Waals surface area contributed by atoms with Crippen LogP contribution in [-0.2, 0) is 38.4 Å². The molecular weight excluding hydrogens is 492 g/mol. The number of morpholine rings is 1. The second-order valence-electron chi connectivity index (χ2n) is 11.5. The van der Waals surface area contributed by atoms with Gasteiger partial charge in [-0.05, 0) is 63.1 Å². The van der Waals surface area contributed by atoms with Crippen molar-refractivity contribution < 1.29 is 19.0 Å². The highest BCUT2D eigenvalue weighted by Crippen LogP contribution is 2.32. The Morgan fingerprint density at radius 2 is 1.90 bits per heavy atom. The van der Waals surface area contributed by atoms with Crippen LogP contribution in [0.5, 0.6) is 0 Å². The number of ether oxygens (including phenoxy) is 3. The van der Waals surface area contributed by atoms with Crippen molar-refractivity contribution in [3.05, 3.63) is 53.3 Å². The maximum atomic E-state index is 12.0. The maximum absolute atomic E-state index is 12.0. The van der Waals surface area contributed by atoms with E-state index in [1.54, 1.807) is 0 Å². The van der Waals surface area contributed by atoms with Gasteiger partial charge in [-0.1, -0.05) is 38.1 Å². The van der Waals surface area contributed by atoms with Gasteiger partial charge in [-0.3, -0.25) is 9.69 Å². The van der Waals surface area contributed by atoms with Crippen LogP contribution in [0.15, 0.2) is 36.5 Å².